The van der Waals surface area contributed by atoms with Gasteiger partial charge in [0.25, 0.3) is 5.91 Å². The number of para-hydroxylation sites is 1. The molecule has 1 atom stereocenters. The fourth-order valence-corrected chi connectivity index (χ4v) is 4.07. The van der Waals surface area contributed by atoms with E-state index in [4.69, 9.17) is 0 Å². The molecular formula is C21H26FN3O4S. The molecule has 0 fully saturated rings. The number of carbonyl (C=O) groups is 2. The predicted molar refractivity (Wildman–Crippen MR) is 115 cm³/mol. The van der Waals surface area contributed by atoms with Gasteiger partial charge in [0.15, 0.2) is 0 Å². The van der Waals surface area contributed by atoms with Crippen LogP contribution in [0.15, 0.2) is 48.5 Å². The molecule has 2 rings (SSSR count). The normalized spacial score (nSPS) is 12.1. The molecule has 0 aliphatic heterocycles. The summed E-state index contributed by atoms with van der Waals surface area (Å²) in [5.74, 6) is -1.48. The molecule has 0 heterocycles. The maximum absolute atomic E-state index is 13.2. The van der Waals surface area contributed by atoms with Crippen LogP contribution >= 0.6 is 0 Å². The van der Waals surface area contributed by atoms with Gasteiger partial charge in [-0.05, 0) is 49.7 Å². The summed E-state index contributed by atoms with van der Waals surface area (Å²) < 4.78 is 38.8. The molecule has 0 aromatic heterocycles. The lowest BCUT2D eigenvalue weighted by Crippen LogP contribution is -2.45. The van der Waals surface area contributed by atoms with Crippen LogP contribution in [0.2, 0.25) is 0 Å². The summed E-state index contributed by atoms with van der Waals surface area (Å²) in [4.78, 5) is 25.3. The van der Waals surface area contributed by atoms with E-state index in [-0.39, 0.29) is 22.8 Å². The highest BCUT2D eigenvalue weighted by atomic mass is 32.2. The van der Waals surface area contributed by atoms with Gasteiger partial charge in [0.1, 0.15) is 11.9 Å². The van der Waals surface area contributed by atoms with Crippen molar-refractivity contribution in [1.29, 1.82) is 0 Å². The quantitative estimate of drug-likeness (QED) is 0.592. The lowest BCUT2D eigenvalue weighted by Gasteiger charge is -2.28. The highest BCUT2D eigenvalue weighted by Crippen LogP contribution is 2.23. The second-order valence-corrected chi connectivity index (χ2v) is 8.71. The maximum Gasteiger partial charge on any atom is 0.253 e. The van der Waals surface area contributed by atoms with Gasteiger partial charge in [0.05, 0.1) is 23.2 Å². The molecule has 162 valence electrons. The van der Waals surface area contributed by atoms with Crippen LogP contribution in [0.4, 0.5) is 15.8 Å². The first-order valence-corrected chi connectivity index (χ1v) is 11.4. The highest BCUT2D eigenvalue weighted by Gasteiger charge is 2.29. The number of amides is 2. The van der Waals surface area contributed by atoms with E-state index in [2.05, 4.69) is 10.6 Å². The molecule has 2 N–H and O–H groups in total. The topological polar surface area (TPSA) is 95.6 Å². The first-order chi connectivity index (χ1) is 14.1. The van der Waals surface area contributed by atoms with Crippen LogP contribution in [0, 0.1) is 5.82 Å². The maximum atomic E-state index is 13.2. The Morgan fingerprint density at radius 3 is 2.33 bits per heavy atom. The summed E-state index contributed by atoms with van der Waals surface area (Å²) in [6.07, 6.45) is 2.73. The largest absolute Gasteiger partial charge is 0.352 e. The Morgan fingerprint density at radius 2 is 1.73 bits per heavy atom. The fraction of sp³-hybridized carbons (Fsp3) is 0.333. The average molecular weight is 436 g/mol. The van der Waals surface area contributed by atoms with Gasteiger partial charge in [-0.25, -0.2) is 12.8 Å². The number of hydrogen-bond donors (Lipinski definition) is 2. The molecular weight excluding hydrogens is 409 g/mol. The number of anilines is 2. The van der Waals surface area contributed by atoms with E-state index in [9.17, 15) is 22.4 Å². The minimum atomic E-state index is -3.84. The van der Waals surface area contributed by atoms with Gasteiger partial charge in [-0.3, -0.25) is 13.9 Å². The summed E-state index contributed by atoms with van der Waals surface area (Å²) in [7, 11) is -3.84. The molecule has 0 bridgehead atoms. The van der Waals surface area contributed by atoms with Crippen LogP contribution in [0.5, 0.6) is 0 Å². The van der Waals surface area contributed by atoms with Crippen LogP contribution < -0.4 is 14.9 Å². The van der Waals surface area contributed by atoms with Crippen molar-refractivity contribution in [2.45, 2.75) is 32.7 Å². The van der Waals surface area contributed by atoms with Gasteiger partial charge >= 0.3 is 0 Å². The molecule has 0 aliphatic rings. The Morgan fingerprint density at radius 1 is 1.10 bits per heavy atom. The van der Waals surface area contributed by atoms with Crippen molar-refractivity contribution in [3.05, 3.63) is 59.9 Å². The Balaban J connectivity index is 2.25. The Hall–Kier alpha value is -2.94. The van der Waals surface area contributed by atoms with Gasteiger partial charge in [0, 0.05) is 6.54 Å². The third-order valence-electron chi connectivity index (χ3n) is 4.42. The first kappa shape index (κ1) is 23.3. The van der Waals surface area contributed by atoms with E-state index in [1.54, 1.807) is 24.3 Å². The van der Waals surface area contributed by atoms with E-state index in [0.717, 1.165) is 35.5 Å². The summed E-state index contributed by atoms with van der Waals surface area (Å²) in [5, 5.41) is 5.42. The van der Waals surface area contributed by atoms with Gasteiger partial charge in [0.2, 0.25) is 15.9 Å². The number of unbranched alkanes of at least 4 members (excludes halogenated alkanes) is 1. The number of halogens is 1. The molecule has 9 heteroatoms. The summed E-state index contributed by atoms with van der Waals surface area (Å²) >= 11 is 0. The molecule has 7 nitrogen and oxygen atoms in total. The third-order valence-corrected chi connectivity index (χ3v) is 5.66. The zero-order valence-corrected chi connectivity index (χ0v) is 18.0. The molecule has 2 aromatic rings. The molecule has 0 aliphatic carbocycles. The predicted octanol–water partition coefficient (Wildman–Crippen LogP) is 3.15. The van der Waals surface area contributed by atoms with Crippen LogP contribution in [-0.2, 0) is 14.8 Å². The smallest absolute Gasteiger partial charge is 0.253 e. The molecule has 0 unspecified atom stereocenters. The lowest BCUT2D eigenvalue weighted by atomic mass is 10.1. The zero-order valence-electron chi connectivity index (χ0n) is 17.2. The van der Waals surface area contributed by atoms with Crippen LogP contribution in [0.1, 0.15) is 37.0 Å². The van der Waals surface area contributed by atoms with Gasteiger partial charge in [-0.1, -0.05) is 25.5 Å². The third kappa shape index (κ3) is 6.03. The van der Waals surface area contributed by atoms with Crippen molar-refractivity contribution < 1.29 is 22.4 Å². The second-order valence-electron chi connectivity index (χ2n) is 6.86. The van der Waals surface area contributed by atoms with E-state index in [1.165, 1.54) is 19.1 Å². The number of hydrogen-bond acceptors (Lipinski definition) is 4. The van der Waals surface area contributed by atoms with Gasteiger partial charge in [-0.2, -0.15) is 0 Å². The number of nitrogens with zero attached hydrogens (tertiary/aromatic N) is 1. The van der Waals surface area contributed by atoms with Crippen LogP contribution in [0.3, 0.4) is 0 Å². The standard InChI is InChI=1S/C21H26FN3O4S/c1-4-5-14-23-21(27)18-8-6-7-9-19(18)24-20(26)15(2)25(30(3,28)29)17-12-10-16(22)11-13-17/h6-13,15H,4-5,14H2,1-3H3,(H,23,27)(H,24,26)/t15-/m0/s1. The minimum Gasteiger partial charge on any atom is -0.352 e. The highest BCUT2D eigenvalue weighted by molar-refractivity contribution is 7.92. The molecule has 30 heavy (non-hydrogen) atoms. The van der Waals surface area contributed by atoms with Crippen LogP contribution in [-0.4, -0.2) is 39.1 Å². The molecule has 0 saturated heterocycles. The molecule has 0 spiro atoms. The number of rotatable bonds is 9. The SMILES string of the molecule is CCCCNC(=O)c1ccccc1NC(=O)[C@H](C)N(c1ccc(F)cc1)S(C)(=O)=O. The molecule has 2 aromatic carbocycles. The van der Waals surface area contributed by atoms with Gasteiger partial charge < -0.3 is 10.6 Å². The van der Waals surface area contributed by atoms with Crippen molar-refractivity contribution in [2.75, 3.05) is 22.4 Å². The first-order valence-electron chi connectivity index (χ1n) is 9.58. The summed E-state index contributed by atoms with van der Waals surface area (Å²) in [5.41, 5.74) is 0.713. The fourth-order valence-electron chi connectivity index (χ4n) is 2.90. The van der Waals surface area contributed by atoms with Crippen molar-refractivity contribution in [1.82, 2.24) is 5.32 Å². The zero-order chi connectivity index (χ0) is 22.3. The number of sulfonamides is 1. The van der Waals surface area contributed by atoms with Crippen molar-refractivity contribution in [3.63, 3.8) is 0 Å². The average Bonchev–Trinajstić information content (AvgIpc) is 2.69. The van der Waals surface area contributed by atoms with Crippen molar-refractivity contribution in [2.24, 2.45) is 0 Å². The number of carbonyl (C=O) groups excluding carboxylic acids is 2. The van der Waals surface area contributed by atoms with E-state index < -0.39 is 27.8 Å². The lowest BCUT2D eigenvalue weighted by molar-refractivity contribution is -0.116. The van der Waals surface area contributed by atoms with Crippen molar-refractivity contribution >= 4 is 33.2 Å². The van der Waals surface area contributed by atoms with E-state index >= 15 is 0 Å². The molecule has 0 saturated carbocycles. The Kier molecular flexibility index (Phi) is 7.93. The summed E-state index contributed by atoms with van der Waals surface area (Å²) in [6.45, 7) is 3.94. The van der Waals surface area contributed by atoms with E-state index in [1.807, 2.05) is 6.92 Å². The molecule has 2 amide bonds. The Bertz CT molecular complexity index is 994. The Labute approximate surface area is 176 Å². The van der Waals surface area contributed by atoms with Crippen LogP contribution in [0.25, 0.3) is 0 Å². The number of nitrogens with one attached hydrogen (secondary N) is 2. The minimum absolute atomic E-state index is 0.159. The number of benzene rings is 2. The monoisotopic (exact) mass is 435 g/mol. The second kappa shape index (κ2) is 10.2. The van der Waals surface area contributed by atoms with E-state index in [0.29, 0.717) is 6.54 Å². The van der Waals surface area contributed by atoms with Gasteiger partial charge in [-0.15, -0.1) is 0 Å². The van der Waals surface area contributed by atoms with Crippen molar-refractivity contribution in [3.8, 4) is 0 Å². The molecule has 0 radical (unpaired) electrons. The summed E-state index contributed by atoms with van der Waals surface area (Å²) in [6, 6.07) is 10.2.